The van der Waals surface area contributed by atoms with Gasteiger partial charge in [-0.15, -0.1) is 0 Å². The Morgan fingerprint density at radius 1 is 1.20 bits per heavy atom. The van der Waals surface area contributed by atoms with Crippen molar-refractivity contribution in [2.75, 3.05) is 13.1 Å². The highest BCUT2D eigenvalue weighted by Crippen LogP contribution is 2.25. The molecule has 20 heavy (non-hydrogen) atoms. The van der Waals surface area contributed by atoms with Crippen LogP contribution >= 0.6 is 0 Å². The standard InChI is InChI=1S/C17H28N2O/c1-17(2,12-13-18)11-10-16(20)19-14-6-9-15-7-4-3-5-8-15/h3-5,7-8H,6,9-14,18H2,1-2H3,(H,19,20). The van der Waals surface area contributed by atoms with Crippen molar-refractivity contribution in [3.63, 3.8) is 0 Å². The zero-order chi connectivity index (χ0) is 14.8. The summed E-state index contributed by atoms with van der Waals surface area (Å²) in [6, 6.07) is 10.4. The molecule has 1 aromatic rings. The number of amides is 1. The minimum absolute atomic E-state index is 0.156. The van der Waals surface area contributed by atoms with Gasteiger partial charge in [-0.1, -0.05) is 44.2 Å². The molecule has 3 N–H and O–H groups in total. The average molecular weight is 276 g/mol. The summed E-state index contributed by atoms with van der Waals surface area (Å²) >= 11 is 0. The highest BCUT2D eigenvalue weighted by atomic mass is 16.1. The summed E-state index contributed by atoms with van der Waals surface area (Å²) in [7, 11) is 0. The lowest BCUT2D eigenvalue weighted by Gasteiger charge is -2.23. The fourth-order valence-electron chi connectivity index (χ4n) is 2.22. The highest BCUT2D eigenvalue weighted by Gasteiger charge is 2.17. The van der Waals surface area contributed by atoms with Crippen LogP contribution in [0.5, 0.6) is 0 Å². The molecule has 0 unspecified atom stereocenters. The molecule has 0 aliphatic rings. The van der Waals surface area contributed by atoms with Crippen LogP contribution < -0.4 is 11.1 Å². The van der Waals surface area contributed by atoms with Crippen LogP contribution in [0.1, 0.15) is 45.1 Å². The molecular weight excluding hydrogens is 248 g/mol. The van der Waals surface area contributed by atoms with Gasteiger partial charge >= 0.3 is 0 Å². The summed E-state index contributed by atoms with van der Waals surface area (Å²) in [6.07, 6.45) is 4.46. The Kier molecular flexibility index (Phi) is 7.31. The number of hydrogen-bond donors (Lipinski definition) is 2. The maximum absolute atomic E-state index is 11.8. The lowest BCUT2D eigenvalue weighted by Crippen LogP contribution is -2.27. The van der Waals surface area contributed by atoms with Crippen LogP contribution in [0, 0.1) is 5.41 Å². The molecule has 0 fully saturated rings. The topological polar surface area (TPSA) is 55.1 Å². The first kappa shape index (κ1) is 16.7. The third-order valence-corrected chi connectivity index (χ3v) is 3.66. The molecule has 1 amide bonds. The van der Waals surface area contributed by atoms with Crippen molar-refractivity contribution in [1.29, 1.82) is 0 Å². The van der Waals surface area contributed by atoms with E-state index in [9.17, 15) is 4.79 Å². The van der Waals surface area contributed by atoms with Crippen molar-refractivity contribution in [3.05, 3.63) is 35.9 Å². The van der Waals surface area contributed by atoms with Gasteiger partial charge in [0.1, 0.15) is 0 Å². The quantitative estimate of drug-likeness (QED) is 0.681. The van der Waals surface area contributed by atoms with Crippen molar-refractivity contribution >= 4 is 5.91 Å². The van der Waals surface area contributed by atoms with Crippen molar-refractivity contribution < 1.29 is 4.79 Å². The van der Waals surface area contributed by atoms with E-state index < -0.39 is 0 Å². The van der Waals surface area contributed by atoms with Gasteiger partial charge in [-0.3, -0.25) is 4.79 Å². The predicted molar refractivity (Wildman–Crippen MR) is 84.5 cm³/mol. The Morgan fingerprint density at radius 2 is 1.90 bits per heavy atom. The third kappa shape index (κ3) is 7.29. The number of nitrogens with one attached hydrogen (secondary N) is 1. The first-order valence-electron chi connectivity index (χ1n) is 7.54. The van der Waals surface area contributed by atoms with Gasteiger partial charge in [-0.25, -0.2) is 0 Å². The monoisotopic (exact) mass is 276 g/mol. The van der Waals surface area contributed by atoms with Crippen LogP contribution in [0.2, 0.25) is 0 Å². The summed E-state index contributed by atoms with van der Waals surface area (Å²) < 4.78 is 0. The largest absolute Gasteiger partial charge is 0.356 e. The Hall–Kier alpha value is -1.35. The first-order chi connectivity index (χ1) is 9.53. The van der Waals surface area contributed by atoms with E-state index in [0.717, 1.165) is 32.2 Å². The van der Waals surface area contributed by atoms with Gasteiger partial charge in [-0.2, -0.15) is 0 Å². The number of hydrogen-bond acceptors (Lipinski definition) is 2. The zero-order valence-corrected chi connectivity index (χ0v) is 12.8. The highest BCUT2D eigenvalue weighted by molar-refractivity contribution is 5.75. The van der Waals surface area contributed by atoms with Crippen LogP contribution in [0.4, 0.5) is 0 Å². The molecule has 0 aliphatic heterocycles. The minimum Gasteiger partial charge on any atom is -0.356 e. The number of rotatable bonds is 9. The summed E-state index contributed by atoms with van der Waals surface area (Å²) in [6.45, 7) is 5.78. The second-order valence-electron chi connectivity index (χ2n) is 6.14. The minimum atomic E-state index is 0.156. The van der Waals surface area contributed by atoms with Gasteiger partial charge in [0, 0.05) is 13.0 Å². The van der Waals surface area contributed by atoms with E-state index in [-0.39, 0.29) is 11.3 Å². The lowest BCUT2D eigenvalue weighted by atomic mass is 9.84. The summed E-state index contributed by atoms with van der Waals surface area (Å²) in [5.74, 6) is 0.156. The molecule has 0 radical (unpaired) electrons. The van der Waals surface area contributed by atoms with E-state index >= 15 is 0 Å². The van der Waals surface area contributed by atoms with Crippen LogP contribution in [-0.2, 0) is 11.2 Å². The van der Waals surface area contributed by atoms with E-state index in [1.54, 1.807) is 0 Å². The molecule has 0 saturated carbocycles. The molecule has 1 rings (SSSR count). The predicted octanol–water partition coefficient (Wildman–Crippen LogP) is 2.89. The first-order valence-corrected chi connectivity index (χ1v) is 7.54. The fourth-order valence-corrected chi connectivity index (χ4v) is 2.22. The van der Waals surface area contributed by atoms with E-state index in [1.807, 2.05) is 18.2 Å². The van der Waals surface area contributed by atoms with E-state index in [1.165, 1.54) is 5.56 Å². The molecule has 1 aromatic carbocycles. The third-order valence-electron chi connectivity index (χ3n) is 3.66. The number of aryl methyl sites for hydroxylation is 1. The Morgan fingerprint density at radius 3 is 2.55 bits per heavy atom. The molecule has 0 saturated heterocycles. The molecule has 0 atom stereocenters. The van der Waals surface area contributed by atoms with Gasteiger partial charge in [0.15, 0.2) is 0 Å². The van der Waals surface area contributed by atoms with Crippen LogP contribution in [0.15, 0.2) is 30.3 Å². The molecule has 0 heterocycles. The Balaban J connectivity index is 2.11. The summed E-state index contributed by atoms with van der Waals surface area (Å²) in [5.41, 5.74) is 7.06. The molecule has 3 nitrogen and oxygen atoms in total. The van der Waals surface area contributed by atoms with Gasteiger partial charge in [0.25, 0.3) is 0 Å². The molecule has 0 spiro atoms. The Bertz CT molecular complexity index is 387. The smallest absolute Gasteiger partial charge is 0.220 e. The van der Waals surface area contributed by atoms with Crippen LogP contribution in [0.3, 0.4) is 0 Å². The van der Waals surface area contributed by atoms with E-state index in [2.05, 4.69) is 31.3 Å². The van der Waals surface area contributed by atoms with E-state index in [0.29, 0.717) is 13.0 Å². The number of benzene rings is 1. The van der Waals surface area contributed by atoms with Gasteiger partial charge in [0.05, 0.1) is 0 Å². The number of carbonyl (C=O) groups is 1. The Labute approximate surface area is 122 Å². The lowest BCUT2D eigenvalue weighted by molar-refractivity contribution is -0.121. The number of carbonyl (C=O) groups excluding carboxylic acids is 1. The van der Waals surface area contributed by atoms with Crippen LogP contribution in [-0.4, -0.2) is 19.0 Å². The SMILES string of the molecule is CC(C)(CCN)CCC(=O)NCCCc1ccccc1. The second kappa shape index (κ2) is 8.75. The molecule has 112 valence electrons. The maximum atomic E-state index is 11.8. The average Bonchev–Trinajstić information content (AvgIpc) is 2.43. The van der Waals surface area contributed by atoms with Gasteiger partial charge < -0.3 is 11.1 Å². The van der Waals surface area contributed by atoms with E-state index in [4.69, 9.17) is 5.73 Å². The maximum Gasteiger partial charge on any atom is 0.220 e. The molecule has 0 bridgehead atoms. The van der Waals surface area contributed by atoms with Crippen LogP contribution in [0.25, 0.3) is 0 Å². The van der Waals surface area contributed by atoms with Gasteiger partial charge in [0.2, 0.25) is 5.91 Å². The van der Waals surface area contributed by atoms with Crippen molar-refractivity contribution in [2.24, 2.45) is 11.1 Å². The van der Waals surface area contributed by atoms with Crippen molar-refractivity contribution in [1.82, 2.24) is 5.32 Å². The molecule has 3 heteroatoms. The second-order valence-corrected chi connectivity index (χ2v) is 6.14. The normalized spacial score (nSPS) is 11.3. The van der Waals surface area contributed by atoms with Gasteiger partial charge in [-0.05, 0) is 43.2 Å². The summed E-state index contributed by atoms with van der Waals surface area (Å²) in [4.78, 5) is 11.8. The molecular formula is C17H28N2O. The van der Waals surface area contributed by atoms with Crippen molar-refractivity contribution in [3.8, 4) is 0 Å². The molecule has 0 aromatic heterocycles. The summed E-state index contributed by atoms with van der Waals surface area (Å²) in [5, 5.41) is 3.00. The molecule has 0 aliphatic carbocycles. The van der Waals surface area contributed by atoms with Crippen molar-refractivity contribution in [2.45, 2.75) is 46.0 Å². The number of nitrogens with two attached hydrogens (primary N) is 1. The fraction of sp³-hybridized carbons (Fsp3) is 0.588. The zero-order valence-electron chi connectivity index (χ0n) is 12.8.